The maximum absolute atomic E-state index is 4.36. The molecule has 0 aromatic carbocycles. The Bertz CT molecular complexity index is 316. The van der Waals surface area contributed by atoms with Gasteiger partial charge in [0.25, 0.3) is 0 Å². The zero-order valence-corrected chi connectivity index (χ0v) is 11.2. The molecular formula is C12H21N3S. The largest absolute Gasteiger partial charge is 0.346 e. The van der Waals surface area contributed by atoms with Crippen molar-refractivity contribution in [3.8, 4) is 0 Å². The highest BCUT2D eigenvalue weighted by molar-refractivity contribution is 7.13. The minimum absolute atomic E-state index is 0.370. The van der Waals surface area contributed by atoms with Crippen LogP contribution >= 0.6 is 11.3 Å². The lowest BCUT2D eigenvalue weighted by Crippen LogP contribution is -2.37. The van der Waals surface area contributed by atoms with Crippen LogP contribution in [0.3, 0.4) is 0 Å². The Labute approximate surface area is 102 Å². The molecule has 4 heteroatoms. The third kappa shape index (κ3) is 3.19. The van der Waals surface area contributed by atoms with Gasteiger partial charge in [-0.3, -0.25) is 0 Å². The fourth-order valence-corrected chi connectivity index (χ4v) is 2.60. The van der Waals surface area contributed by atoms with Gasteiger partial charge in [0.15, 0.2) is 5.13 Å². The summed E-state index contributed by atoms with van der Waals surface area (Å²) in [5, 5.41) is 6.86. The standard InChI is InChI=1S/C12H21N3S/c1-12(2,3)9-14-10-4-6-15(8-10)11-13-5-7-16-11/h5,7,10,14H,4,6,8-9H2,1-3H3. The van der Waals surface area contributed by atoms with E-state index in [9.17, 15) is 0 Å². The normalized spacial score (nSPS) is 21.7. The molecule has 0 spiro atoms. The molecular weight excluding hydrogens is 218 g/mol. The van der Waals surface area contributed by atoms with Crippen molar-refractivity contribution in [3.63, 3.8) is 0 Å². The van der Waals surface area contributed by atoms with Crippen molar-refractivity contribution in [3.05, 3.63) is 11.6 Å². The van der Waals surface area contributed by atoms with Gasteiger partial charge in [-0.15, -0.1) is 11.3 Å². The zero-order valence-electron chi connectivity index (χ0n) is 10.4. The first-order valence-electron chi connectivity index (χ1n) is 5.92. The van der Waals surface area contributed by atoms with E-state index in [2.05, 4.69) is 36.0 Å². The summed E-state index contributed by atoms with van der Waals surface area (Å²) in [6.45, 7) is 10.1. The Hall–Kier alpha value is -0.610. The van der Waals surface area contributed by atoms with E-state index < -0.39 is 0 Å². The van der Waals surface area contributed by atoms with Gasteiger partial charge in [-0.05, 0) is 11.8 Å². The molecule has 90 valence electrons. The van der Waals surface area contributed by atoms with Crippen LogP contribution in [0.2, 0.25) is 0 Å². The Balaban J connectivity index is 1.80. The molecule has 1 unspecified atom stereocenters. The van der Waals surface area contributed by atoms with Gasteiger partial charge in [-0.2, -0.15) is 0 Å². The first kappa shape index (κ1) is 11.9. The van der Waals surface area contributed by atoms with Gasteiger partial charge in [0, 0.05) is 37.3 Å². The van der Waals surface area contributed by atoms with E-state index in [0.29, 0.717) is 11.5 Å². The number of nitrogens with zero attached hydrogens (tertiary/aromatic N) is 2. The van der Waals surface area contributed by atoms with Crippen LogP contribution in [0, 0.1) is 5.41 Å². The van der Waals surface area contributed by atoms with Crippen LogP contribution in [-0.4, -0.2) is 30.7 Å². The van der Waals surface area contributed by atoms with E-state index in [0.717, 1.165) is 19.6 Å². The highest BCUT2D eigenvalue weighted by Crippen LogP contribution is 2.22. The van der Waals surface area contributed by atoms with E-state index in [-0.39, 0.29) is 0 Å². The van der Waals surface area contributed by atoms with Crippen LogP contribution in [0.4, 0.5) is 5.13 Å². The van der Waals surface area contributed by atoms with Crippen LogP contribution in [0.5, 0.6) is 0 Å². The molecule has 1 aromatic heterocycles. The summed E-state index contributed by atoms with van der Waals surface area (Å²) in [4.78, 5) is 6.74. The lowest BCUT2D eigenvalue weighted by atomic mass is 9.96. The first-order chi connectivity index (χ1) is 7.54. The summed E-state index contributed by atoms with van der Waals surface area (Å²) in [6.07, 6.45) is 3.12. The first-order valence-corrected chi connectivity index (χ1v) is 6.80. The predicted molar refractivity (Wildman–Crippen MR) is 70.2 cm³/mol. The maximum atomic E-state index is 4.36. The Kier molecular flexibility index (Phi) is 3.50. The molecule has 1 aliphatic rings. The van der Waals surface area contributed by atoms with Crippen molar-refractivity contribution in [1.29, 1.82) is 0 Å². The Morgan fingerprint density at radius 1 is 1.56 bits per heavy atom. The highest BCUT2D eigenvalue weighted by Gasteiger charge is 2.24. The molecule has 2 heterocycles. The molecule has 1 N–H and O–H groups in total. The minimum atomic E-state index is 0.370. The summed E-state index contributed by atoms with van der Waals surface area (Å²) in [6, 6.07) is 0.628. The van der Waals surface area contributed by atoms with Crippen LogP contribution in [0.25, 0.3) is 0 Å². The molecule has 1 saturated heterocycles. The average Bonchev–Trinajstić information content (AvgIpc) is 2.84. The van der Waals surface area contributed by atoms with Crippen LogP contribution in [0.15, 0.2) is 11.6 Å². The summed E-state index contributed by atoms with van der Waals surface area (Å²) < 4.78 is 0. The fraction of sp³-hybridized carbons (Fsp3) is 0.750. The van der Waals surface area contributed by atoms with E-state index in [1.807, 2.05) is 11.6 Å². The SMILES string of the molecule is CC(C)(C)CNC1CCN(c2nccs2)C1. The zero-order chi connectivity index (χ0) is 11.6. The number of nitrogens with one attached hydrogen (secondary N) is 1. The van der Waals surface area contributed by atoms with Crippen LogP contribution in [0.1, 0.15) is 27.2 Å². The Morgan fingerprint density at radius 2 is 2.38 bits per heavy atom. The third-order valence-corrected chi connectivity index (χ3v) is 3.63. The summed E-state index contributed by atoms with van der Waals surface area (Å²) in [7, 11) is 0. The second-order valence-electron chi connectivity index (χ2n) is 5.69. The second kappa shape index (κ2) is 4.72. The molecule has 2 rings (SSSR count). The highest BCUT2D eigenvalue weighted by atomic mass is 32.1. The van der Waals surface area contributed by atoms with Crippen molar-refractivity contribution < 1.29 is 0 Å². The quantitative estimate of drug-likeness (QED) is 0.877. The predicted octanol–water partition coefficient (Wildman–Crippen LogP) is 2.36. The fourth-order valence-electron chi connectivity index (χ4n) is 1.92. The summed E-state index contributed by atoms with van der Waals surface area (Å²) in [5.74, 6) is 0. The molecule has 1 fully saturated rings. The lowest BCUT2D eigenvalue weighted by Gasteiger charge is -2.22. The van der Waals surface area contributed by atoms with Gasteiger partial charge in [0.05, 0.1) is 0 Å². The second-order valence-corrected chi connectivity index (χ2v) is 6.56. The molecule has 1 atom stereocenters. The number of aromatic nitrogens is 1. The van der Waals surface area contributed by atoms with Crippen molar-refractivity contribution in [1.82, 2.24) is 10.3 Å². The van der Waals surface area contributed by atoms with E-state index >= 15 is 0 Å². The average molecular weight is 239 g/mol. The molecule has 0 saturated carbocycles. The van der Waals surface area contributed by atoms with Crippen molar-refractivity contribution >= 4 is 16.5 Å². The van der Waals surface area contributed by atoms with Crippen molar-refractivity contribution in [2.45, 2.75) is 33.2 Å². The summed E-state index contributed by atoms with van der Waals surface area (Å²) in [5.41, 5.74) is 0.370. The molecule has 0 amide bonds. The molecule has 0 aliphatic carbocycles. The van der Waals surface area contributed by atoms with Crippen molar-refractivity contribution in [2.24, 2.45) is 5.41 Å². The molecule has 16 heavy (non-hydrogen) atoms. The van der Waals surface area contributed by atoms with Gasteiger partial charge in [-0.1, -0.05) is 20.8 Å². The third-order valence-electron chi connectivity index (χ3n) is 2.80. The number of hydrogen-bond acceptors (Lipinski definition) is 4. The van der Waals surface area contributed by atoms with Gasteiger partial charge in [0.2, 0.25) is 0 Å². The molecule has 0 bridgehead atoms. The molecule has 1 aliphatic heterocycles. The van der Waals surface area contributed by atoms with Crippen LogP contribution in [-0.2, 0) is 0 Å². The molecule has 3 nitrogen and oxygen atoms in total. The van der Waals surface area contributed by atoms with Crippen LogP contribution < -0.4 is 10.2 Å². The minimum Gasteiger partial charge on any atom is -0.346 e. The van der Waals surface area contributed by atoms with Gasteiger partial charge in [-0.25, -0.2) is 4.98 Å². The number of hydrogen-bond donors (Lipinski definition) is 1. The van der Waals surface area contributed by atoms with Gasteiger partial charge >= 0.3 is 0 Å². The molecule has 0 radical (unpaired) electrons. The number of thiazole rings is 1. The van der Waals surface area contributed by atoms with Crippen molar-refractivity contribution in [2.75, 3.05) is 24.5 Å². The number of anilines is 1. The molecule has 1 aromatic rings. The Morgan fingerprint density at radius 3 is 3.00 bits per heavy atom. The topological polar surface area (TPSA) is 28.2 Å². The van der Waals surface area contributed by atoms with E-state index in [1.165, 1.54) is 11.6 Å². The lowest BCUT2D eigenvalue weighted by molar-refractivity contribution is 0.357. The smallest absolute Gasteiger partial charge is 0.185 e. The van der Waals surface area contributed by atoms with E-state index in [4.69, 9.17) is 0 Å². The maximum Gasteiger partial charge on any atom is 0.185 e. The van der Waals surface area contributed by atoms with Gasteiger partial charge < -0.3 is 10.2 Å². The number of rotatable bonds is 3. The summed E-state index contributed by atoms with van der Waals surface area (Å²) >= 11 is 1.73. The van der Waals surface area contributed by atoms with E-state index in [1.54, 1.807) is 11.3 Å². The monoisotopic (exact) mass is 239 g/mol. The van der Waals surface area contributed by atoms with Gasteiger partial charge in [0.1, 0.15) is 0 Å².